The van der Waals surface area contributed by atoms with Crippen LogP contribution in [0.2, 0.25) is 0 Å². The zero-order valence-corrected chi connectivity index (χ0v) is 12.7. The molecule has 0 unspecified atom stereocenters. The predicted molar refractivity (Wildman–Crippen MR) is 64.8 cm³/mol. The molecule has 0 aliphatic rings. The lowest BCUT2D eigenvalue weighted by atomic mass is 10.1. The lowest BCUT2D eigenvalue weighted by Crippen LogP contribution is -3.00. The zero-order valence-electron chi connectivity index (χ0n) is 10.6. The van der Waals surface area contributed by atoms with E-state index >= 15 is 0 Å². The first-order valence-electron chi connectivity index (χ1n) is 6.28. The number of aromatic nitrogens is 1. The molecule has 0 amide bonds. The molecule has 1 aromatic heterocycles. The second-order valence-corrected chi connectivity index (χ2v) is 4.39. The van der Waals surface area contributed by atoms with Crippen LogP contribution in [0.1, 0.15) is 51.0 Å². The van der Waals surface area contributed by atoms with Gasteiger partial charge in [-0.1, -0.05) is 32.6 Å². The molecule has 0 saturated carbocycles. The van der Waals surface area contributed by atoms with Crippen molar-refractivity contribution < 1.29 is 28.5 Å². The average molecular weight is 333 g/mol. The van der Waals surface area contributed by atoms with Crippen molar-refractivity contribution in [2.24, 2.45) is 0 Å². The molecular formula is C14H24IN. The summed E-state index contributed by atoms with van der Waals surface area (Å²) in [4.78, 5) is 0. The minimum atomic E-state index is 0. The van der Waals surface area contributed by atoms with Gasteiger partial charge in [-0.2, -0.15) is 0 Å². The van der Waals surface area contributed by atoms with Crippen LogP contribution in [0.25, 0.3) is 0 Å². The van der Waals surface area contributed by atoms with Crippen LogP contribution >= 0.6 is 0 Å². The molecule has 16 heavy (non-hydrogen) atoms. The highest BCUT2D eigenvalue weighted by atomic mass is 127. The molecule has 0 spiro atoms. The van der Waals surface area contributed by atoms with Gasteiger partial charge in [0.1, 0.15) is 6.54 Å². The predicted octanol–water partition coefficient (Wildman–Crippen LogP) is 0.647. The van der Waals surface area contributed by atoms with E-state index in [0.717, 1.165) is 0 Å². The van der Waals surface area contributed by atoms with E-state index < -0.39 is 0 Å². The number of halogens is 1. The minimum Gasteiger partial charge on any atom is -1.00 e. The van der Waals surface area contributed by atoms with Gasteiger partial charge in [-0.25, -0.2) is 4.57 Å². The van der Waals surface area contributed by atoms with Crippen LogP contribution in [-0.4, -0.2) is 0 Å². The fraction of sp³-hybridized carbons (Fsp3) is 0.643. The first-order chi connectivity index (χ1) is 7.33. The van der Waals surface area contributed by atoms with Crippen LogP contribution in [0.15, 0.2) is 24.5 Å². The van der Waals surface area contributed by atoms with Gasteiger partial charge in [-0.3, -0.25) is 0 Å². The van der Waals surface area contributed by atoms with E-state index in [9.17, 15) is 0 Å². The summed E-state index contributed by atoms with van der Waals surface area (Å²) in [5.41, 5.74) is 1.35. The zero-order chi connectivity index (χ0) is 10.9. The van der Waals surface area contributed by atoms with Gasteiger partial charge in [0.2, 0.25) is 0 Å². The summed E-state index contributed by atoms with van der Waals surface area (Å²) in [7, 11) is 0. The molecule has 0 fully saturated rings. The Balaban J connectivity index is 0.00000225. The van der Waals surface area contributed by atoms with Gasteiger partial charge >= 0.3 is 0 Å². The molecule has 0 aromatic carbocycles. The summed E-state index contributed by atoms with van der Waals surface area (Å²) in [6.07, 6.45) is 12.6. The Morgan fingerprint density at radius 3 is 2.44 bits per heavy atom. The number of pyridine rings is 1. The monoisotopic (exact) mass is 333 g/mol. The Morgan fingerprint density at radius 2 is 1.75 bits per heavy atom. The maximum atomic E-state index is 2.30. The highest BCUT2D eigenvalue weighted by Crippen LogP contribution is 2.04. The maximum Gasteiger partial charge on any atom is 0.171 e. The molecular weight excluding hydrogens is 309 g/mol. The van der Waals surface area contributed by atoms with Crippen molar-refractivity contribution in [3.63, 3.8) is 0 Å². The highest BCUT2D eigenvalue weighted by Gasteiger charge is 1.99. The smallest absolute Gasteiger partial charge is 0.171 e. The van der Waals surface area contributed by atoms with Gasteiger partial charge in [0.05, 0.1) is 0 Å². The van der Waals surface area contributed by atoms with Crippen LogP contribution < -0.4 is 28.5 Å². The van der Waals surface area contributed by atoms with Crippen molar-refractivity contribution in [3.05, 3.63) is 30.1 Å². The summed E-state index contributed by atoms with van der Waals surface area (Å²) in [5.74, 6) is 0. The fourth-order valence-electron chi connectivity index (χ4n) is 1.87. The second-order valence-electron chi connectivity index (χ2n) is 4.39. The largest absolute Gasteiger partial charge is 1.00 e. The Labute approximate surface area is 117 Å². The molecule has 1 rings (SSSR count). The van der Waals surface area contributed by atoms with Gasteiger partial charge < -0.3 is 24.0 Å². The van der Waals surface area contributed by atoms with Crippen molar-refractivity contribution in [3.8, 4) is 0 Å². The van der Waals surface area contributed by atoms with Crippen LogP contribution in [0, 0.1) is 6.92 Å². The quantitative estimate of drug-likeness (QED) is 0.392. The van der Waals surface area contributed by atoms with Gasteiger partial charge in [0, 0.05) is 18.1 Å². The third-order valence-corrected chi connectivity index (χ3v) is 2.78. The normalized spacial score (nSPS) is 9.88. The summed E-state index contributed by atoms with van der Waals surface area (Å²) < 4.78 is 2.30. The van der Waals surface area contributed by atoms with Crippen LogP contribution in [0.4, 0.5) is 0 Å². The van der Waals surface area contributed by atoms with Gasteiger partial charge in [0.25, 0.3) is 0 Å². The van der Waals surface area contributed by atoms with Crippen molar-refractivity contribution in [2.75, 3.05) is 0 Å². The van der Waals surface area contributed by atoms with Crippen molar-refractivity contribution in [1.29, 1.82) is 0 Å². The molecule has 1 aromatic rings. The second kappa shape index (κ2) is 10.1. The van der Waals surface area contributed by atoms with Gasteiger partial charge in [0.15, 0.2) is 12.4 Å². The topological polar surface area (TPSA) is 3.88 Å². The van der Waals surface area contributed by atoms with Gasteiger partial charge in [-0.15, -0.1) is 0 Å². The third kappa shape index (κ3) is 7.20. The fourth-order valence-corrected chi connectivity index (χ4v) is 1.87. The van der Waals surface area contributed by atoms with E-state index in [2.05, 4.69) is 42.9 Å². The lowest BCUT2D eigenvalue weighted by molar-refractivity contribution is -0.697. The first-order valence-corrected chi connectivity index (χ1v) is 6.28. The molecule has 1 heterocycles. The molecule has 1 nitrogen and oxygen atoms in total. The van der Waals surface area contributed by atoms with Crippen LogP contribution in [0.5, 0.6) is 0 Å². The number of hydrogen-bond donors (Lipinski definition) is 0. The molecule has 0 aliphatic carbocycles. The Morgan fingerprint density at radius 1 is 1.06 bits per heavy atom. The Hall–Kier alpha value is -0.120. The summed E-state index contributed by atoms with van der Waals surface area (Å²) >= 11 is 0. The number of rotatable bonds is 7. The van der Waals surface area contributed by atoms with Crippen molar-refractivity contribution in [1.82, 2.24) is 0 Å². The number of unbranched alkanes of at least 4 members (excludes halogenated alkanes) is 5. The molecule has 92 valence electrons. The highest BCUT2D eigenvalue weighted by molar-refractivity contribution is 5.01. The molecule has 0 radical (unpaired) electrons. The molecule has 2 heteroatoms. The standard InChI is InChI=1S/C14H24N.HI/c1-3-4-5-6-7-8-11-15-12-9-10-14(2)13-15;/h9-10,12-13H,3-8,11H2,1-2H3;1H/q+1;/p-1. The van der Waals surface area contributed by atoms with E-state index in [1.807, 2.05) is 0 Å². The van der Waals surface area contributed by atoms with Gasteiger partial charge in [-0.05, 0) is 19.4 Å². The maximum absolute atomic E-state index is 2.30. The third-order valence-electron chi connectivity index (χ3n) is 2.78. The Kier molecular flexibility index (Phi) is 9.99. The van der Waals surface area contributed by atoms with Crippen LogP contribution in [0.3, 0.4) is 0 Å². The average Bonchev–Trinajstić information content (AvgIpc) is 2.23. The molecule has 0 N–H and O–H groups in total. The van der Waals surface area contributed by atoms with E-state index in [1.54, 1.807) is 0 Å². The molecule has 0 aliphatic heterocycles. The molecule has 0 saturated heterocycles. The lowest BCUT2D eigenvalue weighted by Gasteiger charge is -1.99. The van der Waals surface area contributed by atoms with E-state index in [-0.39, 0.29) is 24.0 Å². The molecule has 0 bridgehead atoms. The first kappa shape index (κ1) is 15.9. The van der Waals surface area contributed by atoms with Crippen molar-refractivity contribution in [2.45, 2.75) is 58.9 Å². The van der Waals surface area contributed by atoms with Crippen molar-refractivity contribution >= 4 is 0 Å². The van der Waals surface area contributed by atoms with E-state index in [4.69, 9.17) is 0 Å². The number of hydrogen-bond acceptors (Lipinski definition) is 0. The minimum absolute atomic E-state index is 0. The van der Waals surface area contributed by atoms with E-state index in [0.29, 0.717) is 0 Å². The van der Waals surface area contributed by atoms with Crippen LogP contribution in [-0.2, 0) is 6.54 Å². The summed E-state index contributed by atoms with van der Waals surface area (Å²) in [6, 6.07) is 4.28. The summed E-state index contributed by atoms with van der Waals surface area (Å²) in [6.45, 7) is 5.59. The summed E-state index contributed by atoms with van der Waals surface area (Å²) in [5, 5.41) is 0. The Bertz CT molecular complexity index is 273. The number of nitrogens with zero attached hydrogens (tertiary/aromatic N) is 1. The van der Waals surface area contributed by atoms with E-state index in [1.165, 1.54) is 50.6 Å². The number of aryl methyl sites for hydroxylation is 2. The molecule has 0 atom stereocenters. The SMILES string of the molecule is CCCCCCCC[n+]1cccc(C)c1.[I-].